The third kappa shape index (κ3) is 4.43. The molecule has 1 aliphatic carbocycles. The summed E-state index contributed by atoms with van der Waals surface area (Å²) in [5, 5.41) is 6.77. The minimum Gasteiger partial charge on any atom is -0.365 e. The molecule has 0 aliphatic heterocycles. The number of thiophene rings is 1. The summed E-state index contributed by atoms with van der Waals surface area (Å²) in [5.74, 6) is -0.437. The Kier molecular flexibility index (Phi) is 6.05. The van der Waals surface area contributed by atoms with E-state index in [-0.39, 0.29) is 15.7 Å². The average molecular weight is 442 g/mol. The second kappa shape index (κ2) is 8.14. The summed E-state index contributed by atoms with van der Waals surface area (Å²) in [6.45, 7) is 2.18. The summed E-state index contributed by atoms with van der Waals surface area (Å²) in [5.41, 5.74) is 7.24. The predicted octanol–water partition coefficient (Wildman–Crippen LogP) is 4.41. The lowest BCUT2D eigenvalue weighted by atomic mass is 9.88. The molecular weight excluding hydrogens is 425 g/mol. The second-order valence-corrected chi connectivity index (χ2v) is 8.81. The SMILES string of the molecule is CC1CCc2c(sc(NC(=S)NC(=O)c3cc(Cl)ccc3Cl)c2C(N)=O)C1. The Hall–Kier alpha value is -1.67. The number of primary amides is 1. The molecule has 1 unspecified atom stereocenters. The topological polar surface area (TPSA) is 84.2 Å². The summed E-state index contributed by atoms with van der Waals surface area (Å²) in [7, 11) is 0. The highest BCUT2D eigenvalue weighted by Crippen LogP contribution is 2.39. The normalized spacial score (nSPS) is 15.7. The number of hydrogen-bond donors (Lipinski definition) is 3. The van der Waals surface area contributed by atoms with Crippen LogP contribution >= 0.6 is 46.8 Å². The van der Waals surface area contributed by atoms with Gasteiger partial charge in [-0.1, -0.05) is 30.1 Å². The molecule has 0 fully saturated rings. The number of halogens is 2. The zero-order chi connectivity index (χ0) is 19.7. The lowest BCUT2D eigenvalue weighted by Gasteiger charge is -2.18. The Morgan fingerprint density at radius 1 is 1.33 bits per heavy atom. The lowest BCUT2D eigenvalue weighted by Crippen LogP contribution is -2.34. The molecule has 27 heavy (non-hydrogen) atoms. The minimum atomic E-state index is -0.503. The van der Waals surface area contributed by atoms with E-state index in [0.29, 0.717) is 21.5 Å². The molecule has 1 atom stereocenters. The number of carbonyl (C=O) groups excluding carboxylic acids is 2. The maximum Gasteiger partial charge on any atom is 0.258 e. The monoisotopic (exact) mass is 441 g/mol. The predicted molar refractivity (Wildman–Crippen MR) is 114 cm³/mol. The van der Waals surface area contributed by atoms with Crippen molar-refractivity contribution in [1.82, 2.24) is 5.32 Å². The van der Waals surface area contributed by atoms with Gasteiger partial charge in [0.2, 0.25) is 0 Å². The van der Waals surface area contributed by atoms with Crippen LogP contribution in [0, 0.1) is 5.92 Å². The third-order valence-electron chi connectivity index (χ3n) is 4.39. The van der Waals surface area contributed by atoms with Gasteiger partial charge in [0.25, 0.3) is 11.8 Å². The Morgan fingerprint density at radius 3 is 2.78 bits per heavy atom. The van der Waals surface area contributed by atoms with Crippen molar-refractivity contribution < 1.29 is 9.59 Å². The van der Waals surface area contributed by atoms with E-state index in [2.05, 4.69) is 17.6 Å². The van der Waals surface area contributed by atoms with Crippen molar-refractivity contribution in [2.75, 3.05) is 5.32 Å². The first-order valence-corrected chi connectivity index (χ1v) is 10.3. The Morgan fingerprint density at radius 2 is 2.07 bits per heavy atom. The molecule has 1 aliphatic rings. The van der Waals surface area contributed by atoms with E-state index in [1.54, 1.807) is 6.07 Å². The molecule has 2 aromatic rings. The fourth-order valence-corrected chi connectivity index (χ4v) is 5.13. The van der Waals surface area contributed by atoms with Crippen molar-refractivity contribution in [3.63, 3.8) is 0 Å². The molecule has 4 N–H and O–H groups in total. The largest absolute Gasteiger partial charge is 0.365 e. The molecule has 1 aromatic heterocycles. The van der Waals surface area contributed by atoms with E-state index in [1.165, 1.54) is 23.5 Å². The van der Waals surface area contributed by atoms with Crippen LogP contribution in [-0.2, 0) is 12.8 Å². The van der Waals surface area contributed by atoms with Crippen LogP contribution in [0.2, 0.25) is 10.0 Å². The van der Waals surface area contributed by atoms with E-state index < -0.39 is 11.8 Å². The van der Waals surface area contributed by atoms with Crippen LogP contribution in [0.4, 0.5) is 5.00 Å². The first kappa shape index (κ1) is 20.1. The number of benzene rings is 1. The number of anilines is 1. The average Bonchev–Trinajstić information content (AvgIpc) is 2.93. The molecule has 0 spiro atoms. The van der Waals surface area contributed by atoms with Crippen molar-refractivity contribution in [3.8, 4) is 0 Å². The maximum absolute atomic E-state index is 12.4. The summed E-state index contributed by atoms with van der Waals surface area (Å²) < 4.78 is 0. The molecule has 0 saturated heterocycles. The molecule has 5 nitrogen and oxygen atoms in total. The second-order valence-electron chi connectivity index (χ2n) is 6.45. The molecule has 0 saturated carbocycles. The molecule has 9 heteroatoms. The van der Waals surface area contributed by atoms with Gasteiger partial charge < -0.3 is 11.1 Å². The van der Waals surface area contributed by atoms with E-state index >= 15 is 0 Å². The standard InChI is InChI=1S/C18H17Cl2N3O2S2/c1-8-2-4-10-13(6-8)27-17(14(10)15(21)24)23-18(26)22-16(25)11-7-9(19)3-5-12(11)20/h3,5,7-8H,2,4,6H2,1H3,(H2,21,24)(H2,22,23,25,26). The van der Waals surface area contributed by atoms with Gasteiger partial charge in [0.05, 0.1) is 16.1 Å². The number of hydrogen-bond acceptors (Lipinski definition) is 4. The number of thiocarbonyl (C=S) groups is 1. The third-order valence-corrected chi connectivity index (χ3v) is 6.32. The van der Waals surface area contributed by atoms with Gasteiger partial charge in [-0.15, -0.1) is 11.3 Å². The first-order valence-electron chi connectivity index (χ1n) is 8.28. The van der Waals surface area contributed by atoms with Gasteiger partial charge in [-0.05, 0) is 61.2 Å². The number of amides is 2. The van der Waals surface area contributed by atoms with E-state index in [0.717, 1.165) is 29.7 Å². The van der Waals surface area contributed by atoms with Gasteiger partial charge in [0, 0.05) is 9.90 Å². The molecular formula is C18H17Cl2N3O2S2. The number of nitrogens with two attached hydrogens (primary N) is 1. The van der Waals surface area contributed by atoms with Crippen molar-refractivity contribution in [2.24, 2.45) is 11.7 Å². The van der Waals surface area contributed by atoms with Crippen molar-refractivity contribution in [2.45, 2.75) is 26.2 Å². The van der Waals surface area contributed by atoms with E-state index in [9.17, 15) is 9.59 Å². The number of nitrogens with one attached hydrogen (secondary N) is 2. The molecule has 0 bridgehead atoms. The number of rotatable bonds is 3. The van der Waals surface area contributed by atoms with Crippen molar-refractivity contribution in [1.29, 1.82) is 0 Å². The first-order chi connectivity index (χ1) is 12.8. The van der Waals surface area contributed by atoms with Crippen LogP contribution in [0.15, 0.2) is 18.2 Å². The zero-order valence-corrected chi connectivity index (χ0v) is 17.5. The summed E-state index contributed by atoms with van der Waals surface area (Å²) >= 11 is 18.6. The highest BCUT2D eigenvalue weighted by Gasteiger charge is 2.27. The molecule has 142 valence electrons. The minimum absolute atomic E-state index is 0.0604. The van der Waals surface area contributed by atoms with Crippen LogP contribution < -0.4 is 16.4 Å². The van der Waals surface area contributed by atoms with Gasteiger partial charge >= 0.3 is 0 Å². The van der Waals surface area contributed by atoms with Crippen LogP contribution in [0.3, 0.4) is 0 Å². The fourth-order valence-electron chi connectivity index (χ4n) is 3.08. The van der Waals surface area contributed by atoms with Crippen LogP contribution in [0.1, 0.15) is 44.5 Å². The Balaban J connectivity index is 1.79. The quantitative estimate of drug-likeness (QED) is 0.615. The molecule has 1 heterocycles. The van der Waals surface area contributed by atoms with Crippen LogP contribution in [0.25, 0.3) is 0 Å². The Labute approximate surface area is 176 Å². The molecule has 2 amide bonds. The maximum atomic E-state index is 12.4. The van der Waals surface area contributed by atoms with E-state index in [4.69, 9.17) is 41.2 Å². The van der Waals surface area contributed by atoms with Gasteiger partial charge in [-0.3, -0.25) is 14.9 Å². The van der Waals surface area contributed by atoms with Gasteiger partial charge in [-0.25, -0.2) is 0 Å². The van der Waals surface area contributed by atoms with Gasteiger partial charge in [-0.2, -0.15) is 0 Å². The molecule has 1 aromatic carbocycles. The summed E-state index contributed by atoms with van der Waals surface area (Å²) in [6.07, 6.45) is 2.72. The van der Waals surface area contributed by atoms with Gasteiger partial charge in [0.15, 0.2) is 5.11 Å². The van der Waals surface area contributed by atoms with E-state index in [1.807, 2.05) is 0 Å². The lowest BCUT2D eigenvalue weighted by molar-refractivity contribution is 0.0975. The van der Waals surface area contributed by atoms with Crippen molar-refractivity contribution in [3.05, 3.63) is 49.8 Å². The highest BCUT2D eigenvalue weighted by molar-refractivity contribution is 7.80. The summed E-state index contributed by atoms with van der Waals surface area (Å²) in [4.78, 5) is 25.5. The summed E-state index contributed by atoms with van der Waals surface area (Å²) in [6, 6.07) is 4.59. The highest BCUT2D eigenvalue weighted by atomic mass is 35.5. The molecule has 3 rings (SSSR count). The number of carbonyl (C=O) groups is 2. The van der Waals surface area contributed by atoms with Gasteiger partial charge in [0.1, 0.15) is 5.00 Å². The smallest absolute Gasteiger partial charge is 0.258 e. The number of fused-ring (bicyclic) bond motifs is 1. The zero-order valence-electron chi connectivity index (χ0n) is 14.4. The Bertz CT molecular complexity index is 943. The van der Waals surface area contributed by atoms with Crippen molar-refractivity contribution >= 4 is 68.7 Å². The molecule has 0 radical (unpaired) electrons. The fraction of sp³-hybridized carbons (Fsp3) is 0.278. The van der Waals surface area contributed by atoms with Crippen LogP contribution in [0.5, 0.6) is 0 Å². The van der Waals surface area contributed by atoms with Crippen LogP contribution in [-0.4, -0.2) is 16.9 Å².